The highest BCUT2D eigenvalue weighted by Crippen LogP contribution is 2.35. The summed E-state index contributed by atoms with van der Waals surface area (Å²) in [5.41, 5.74) is 1.48. The molecule has 1 saturated heterocycles. The zero-order chi connectivity index (χ0) is 31.5. The van der Waals surface area contributed by atoms with Crippen LogP contribution in [0.5, 0.6) is 17.2 Å². The van der Waals surface area contributed by atoms with Crippen LogP contribution in [0.2, 0.25) is 0 Å². The summed E-state index contributed by atoms with van der Waals surface area (Å²) < 4.78 is 33.2. The van der Waals surface area contributed by atoms with E-state index in [9.17, 15) is 9.59 Å². The summed E-state index contributed by atoms with van der Waals surface area (Å²) in [7, 11) is 4.46. The van der Waals surface area contributed by atoms with Gasteiger partial charge in [-0.15, -0.1) is 0 Å². The molecule has 5 aromatic rings. The summed E-state index contributed by atoms with van der Waals surface area (Å²) in [6.07, 6.45) is 1.46. The van der Waals surface area contributed by atoms with E-state index >= 15 is 4.39 Å². The molecule has 232 valence electrons. The molecular formula is C33H32FN5O5S. The third-order valence-electron chi connectivity index (χ3n) is 7.87. The van der Waals surface area contributed by atoms with Gasteiger partial charge in [0.2, 0.25) is 5.91 Å². The van der Waals surface area contributed by atoms with E-state index in [0.717, 1.165) is 12.0 Å². The number of nitrogens with one attached hydrogen (secondary N) is 1. The zero-order valence-corrected chi connectivity index (χ0v) is 25.9. The highest BCUT2D eigenvalue weighted by molar-refractivity contribution is 7.21. The number of ether oxygens (including phenoxy) is 3. The maximum Gasteiger partial charge on any atom is 0.281 e. The van der Waals surface area contributed by atoms with Crippen LogP contribution < -0.4 is 30.0 Å². The van der Waals surface area contributed by atoms with Gasteiger partial charge in [-0.3, -0.25) is 14.2 Å². The van der Waals surface area contributed by atoms with Crippen molar-refractivity contribution in [2.24, 2.45) is 0 Å². The first-order valence-corrected chi connectivity index (χ1v) is 15.3. The maximum atomic E-state index is 15.7. The normalized spacial score (nSPS) is 14.5. The van der Waals surface area contributed by atoms with Gasteiger partial charge in [0.1, 0.15) is 23.4 Å². The van der Waals surface area contributed by atoms with Crippen molar-refractivity contribution < 1.29 is 23.4 Å². The quantitative estimate of drug-likeness (QED) is 0.230. The summed E-state index contributed by atoms with van der Waals surface area (Å²) in [6.45, 7) is 1.06. The van der Waals surface area contributed by atoms with E-state index in [1.54, 1.807) is 37.4 Å². The van der Waals surface area contributed by atoms with Gasteiger partial charge in [0, 0.05) is 24.7 Å². The lowest BCUT2D eigenvalue weighted by atomic mass is 10.1. The standard InChI is InChI=1S/C33H32FN5O5S/c1-42-22-15-14-21(26(17-22)44-3)19-39-29(23-11-7-13-25(43-2)27(23)34)37-31-28(32(39)41)36-33(45-31)38-16-8-12-24(38)30(40)35-18-20-9-5-4-6-10-20/h4-7,9-11,13-15,17,24H,8,12,16,18-19H2,1-3H3,(H,35,40)/t24-/m1/s1. The van der Waals surface area contributed by atoms with Gasteiger partial charge in [0.25, 0.3) is 5.56 Å². The molecule has 1 atom stereocenters. The van der Waals surface area contributed by atoms with Gasteiger partial charge in [-0.05, 0) is 42.7 Å². The molecule has 1 fully saturated rings. The molecule has 3 aromatic carbocycles. The fraction of sp³-hybridized carbons (Fsp3) is 0.273. The number of halogens is 1. The number of aromatic nitrogens is 3. The van der Waals surface area contributed by atoms with Crippen LogP contribution in [0.3, 0.4) is 0 Å². The number of rotatable bonds is 10. The second kappa shape index (κ2) is 12.9. The molecule has 0 spiro atoms. The van der Waals surface area contributed by atoms with E-state index in [1.807, 2.05) is 35.2 Å². The Morgan fingerprint density at radius 1 is 1.00 bits per heavy atom. The van der Waals surface area contributed by atoms with Crippen LogP contribution in [0.4, 0.5) is 9.52 Å². The summed E-state index contributed by atoms with van der Waals surface area (Å²) in [4.78, 5) is 39.2. The number of methoxy groups -OCH3 is 3. The first-order chi connectivity index (χ1) is 21.9. The molecule has 0 bridgehead atoms. The van der Waals surface area contributed by atoms with Gasteiger partial charge in [-0.1, -0.05) is 47.7 Å². The molecule has 6 rings (SSSR count). The van der Waals surface area contributed by atoms with Crippen molar-refractivity contribution >= 4 is 32.7 Å². The van der Waals surface area contributed by atoms with Crippen molar-refractivity contribution in [3.05, 3.63) is 94.0 Å². The lowest BCUT2D eigenvalue weighted by Gasteiger charge is -2.23. The minimum Gasteiger partial charge on any atom is -0.497 e. The summed E-state index contributed by atoms with van der Waals surface area (Å²) >= 11 is 1.21. The van der Waals surface area contributed by atoms with Crippen molar-refractivity contribution in [3.63, 3.8) is 0 Å². The van der Waals surface area contributed by atoms with E-state index in [1.165, 1.54) is 36.2 Å². The van der Waals surface area contributed by atoms with Crippen LogP contribution in [0, 0.1) is 5.82 Å². The fourth-order valence-electron chi connectivity index (χ4n) is 5.54. The number of nitrogens with zero attached hydrogens (tertiary/aromatic N) is 4. The number of anilines is 1. The highest BCUT2D eigenvalue weighted by atomic mass is 32.1. The molecule has 1 aliphatic heterocycles. The van der Waals surface area contributed by atoms with E-state index < -0.39 is 17.4 Å². The van der Waals surface area contributed by atoms with Crippen LogP contribution in [-0.2, 0) is 17.9 Å². The zero-order valence-electron chi connectivity index (χ0n) is 25.1. The number of hydrogen-bond acceptors (Lipinski definition) is 9. The smallest absolute Gasteiger partial charge is 0.281 e. The molecule has 12 heteroatoms. The van der Waals surface area contributed by atoms with Crippen LogP contribution in [0.25, 0.3) is 21.7 Å². The molecule has 10 nitrogen and oxygen atoms in total. The largest absolute Gasteiger partial charge is 0.497 e. The summed E-state index contributed by atoms with van der Waals surface area (Å²) in [6, 6.07) is 19.3. The van der Waals surface area contributed by atoms with E-state index in [2.05, 4.69) is 5.32 Å². The Balaban J connectivity index is 1.41. The van der Waals surface area contributed by atoms with E-state index in [4.69, 9.17) is 24.2 Å². The second-order valence-electron chi connectivity index (χ2n) is 10.5. The average molecular weight is 630 g/mol. The summed E-state index contributed by atoms with van der Waals surface area (Å²) in [5, 5.41) is 3.55. The number of amides is 1. The van der Waals surface area contributed by atoms with Crippen molar-refractivity contribution in [1.82, 2.24) is 19.9 Å². The van der Waals surface area contributed by atoms with Gasteiger partial charge < -0.3 is 24.4 Å². The molecule has 45 heavy (non-hydrogen) atoms. The number of hydrogen-bond donors (Lipinski definition) is 1. The monoisotopic (exact) mass is 629 g/mol. The number of fused-ring (bicyclic) bond motifs is 1. The molecule has 1 amide bonds. The van der Waals surface area contributed by atoms with E-state index in [-0.39, 0.29) is 35.1 Å². The van der Waals surface area contributed by atoms with Crippen molar-refractivity contribution in [2.75, 3.05) is 32.8 Å². The topological polar surface area (TPSA) is 108 Å². The molecule has 1 N–H and O–H groups in total. The predicted molar refractivity (Wildman–Crippen MR) is 171 cm³/mol. The Morgan fingerprint density at radius 2 is 1.80 bits per heavy atom. The predicted octanol–water partition coefficient (Wildman–Crippen LogP) is 5.02. The molecule has 2 aromatic heterocycles. The van der Waals surface area contributed by atoms with Crippen molar-refractivity contribution in [3.8, 4) is 28.6 Å². The number of carbonyl (C=O) groups excluding carboxylic acids is 1. The molecule has 0 unspecified atom stereocenters. The molecule has 0 radical (unpaired) electrons. The number of thiazole rings is 1. The Hall–Kier alpha value is -4.97. The third-order valence-corrected chi connectivity index (χ3v) is 8.85. The molecule has 3 heterocycles. The third kappa shape index (κ3) is 5.93. The Kier molecular flexibility index (Phi) is 8.65. The lowest BCUT2D eigenvalue weighted by molar-refractivity contribution is -0.122. The highest BCUT2D eigenvalue weighted by Gasteiger charge is 2.33. The lowest BCUT2D eigenvalue weighted by Crippen LogP contribution is -2.43. The molecule has 1 aliphatic rings. The van der Waals surface area contributed by atoms with Crippen LogP contribution >= 0.6 is 11.3 Å². The number of benzene rings is 3. The van der Waals surface area contributed by atoms with Crippen molar-refractivity contribution in [1.29, 1.82) is 0 Å². The Bertz CT molecular complexity index is 1910. The van der Waals surface area contributed by atoms with Gasteiger partial charge >= 0.3 is 0 Å². The van der Waals surface area contributed by atoms with Crippen LogP contribution in [0.15, 0.2) is 71.5 Å². The first kappa shape index (κ1) is 30.1. The molecule has 0 saturated carbocycles. The maximum absolute atomic E-state index is 15.7. The van der Waals surface area contributed by atoms with Gasteiger partial charge in [0.15, 0.2) is 27.0 Å². The van der Waals surface area contributed by atoms with Gasteiger partial charge in [-0.2, -0.15) is 0 Å². The Labute approximate surface area is 263 Å². The minimum atomic E-state index is -0.638. The SMILES string of the molecule is COc1ccc(Cn2c(-c3cccc(OC)c3F)nc3sc(N4CCC[C@@H]4C(=O)NCc4ccccc4)nc3c2=O)c(OC)c1. The Morgan fingerprint density at radius 3 is 2.56 bits per heavy atom. The van der Waals surface area contributed by atoms with Crippen LogP contribution in [0.1, 0.15) is 24.0 Å². The first-order valence-electron chi connectivity index (χ1n) is 14.4. The average Bonchev–Trinajstić information content (AvgIpc) is 3.73. The molecular weight excluding hydrogens is 597 g/mol. The minimum absolute atomic E-state index is 0.0295. The second-order valence-corrected chi connectivity index (χ2v) is 11.5. The van der Waals surface area contributed by atoms with Gasteiger partial charge in [-0.25, -0.2) is 14.4 Å². The summed E-state index contributed by atoms with van der Waals surface area (Å²) in [5.74, 6) is 0.497. The number of carbonyl (C=O) groups is 1. The van der Waals surface area contributed by atoms with Crippen LogP contribution in [-0.4, -0.2) is 54.4 Å². The van der Waals surface area contributed by atoms with Gasteiger partial charge in [0.05, 0.1) is 33.4 Å². The fourth-order valence-corrected chi connectivity index (χ4v) is 6.54. The molecule has 0 aliphatic carbocycles. The van der Waals surface area contributed by atoms with Crippen molar-refractivity contribution in [2.45, 2.75) is 32.0 Å². The van der Waals surface area contributed by atoms with E-state index in [0.29, 0.717) is 46.5 Å².